The lowest BCUT2D eigenvalue weighted by atomic mass is 9.89. The molecule has 0 spiro atoms. The van der Waals surface area contributed by atoms with Crippen LogP contribution in [0.4, 0.5) is 0 Å². The molecule has 1 aliphatic rings. The summed E-state index contributed by atoms with van der Waals surface area (Å²) in [6.07, 6.45) is 4.60. The van der Waals surface area contributed by atoms with Gasteiger partial charge in [-0.15, -0.1) is 0 Å². The van der Waals surface area contributed by atoms with Gasteiger partial charge in [0.25, 0.3) is 0 Å². The van der Waals surface area contributed by atoms with E-state index in [1.54, 1.807) is 53.9 Å². The molecule has 0 aliphatic carbocycles. The third-order valence-electron chi connectivity index (χ3n) is 10.9. The molecule has 1 aromatic carbocycles. The SMILES string of the molecule is CC[C@@H](C)[C@H](C(CC(=O)N1CCCC1[C@H](SC)[C@@H](C)C(=O)N(C)CCc1cccc(O)c1)OC)N(C)C(=O)[C@@H](NC(=O)[C@H](C(C)C)N(C)C)C(C)C. The van der Waals surface area contributed by atoms with E-state index in [0.29, 0.717) is 19.5 Å². The molecule has 11 nitrogen and oxygen atoms in total. The van der Waals surface area contributed by atoms with E-state index in [2.05, 4.69) is 19.2 Å². The second-order valence-electron chi connectivity index (χ2n) is 15.7. The number of likely N-dealkylation sites (N-methyl/N-ethyl adjacent to an activating group) is 3. The molecular formula is C40H69N5O6S. The number of phenolic OH excluding ortho intramolecular Hbond substituents is 1. The van der Waals surface area contributed by atoms with E-state index in [4.69, 9.17) is 4.74 Å². The van der Waals surface area contributed by atoms with Crippen LogP contribution in [0.25, 0.3) is 0 Å². The number of hydrogen-bond donors (Lipinski definition) is 2. The number of thioether (sulfide) groups is 1. The average molecular weight is 748 g/mol. The molecule has 296 valence electrons. The minimum Gasteiger partial charge on any atom is -0.508 e. The van der Waals surface area contributed by atoms with Crippen molar-refractivity contribution in [1.82, 2.24) is 24.9 Å². The molecule has 0 aromatic heterocycles. The first-order chi connectivity index (χ1) is 24.4. The summed E-state index contributed by atoms with van der Waals surface area (Å²) in [5.74, 6) is -0.582. The van der Waals surface area contributed by atoms with Crippen molar-refractivity contribution in [3.8, 4) is 5.75 Å². The van der Waals surface area contributed by atoms with Gasteiger partial charge >= 0.3 is 0 Å². The van der Waals surface area contributed by atoms with Crippen molar-refractivity contribution in [3.63, 3.8) is 0 Å². The molecule has 52 heavy (non-hydrogen) atoms. The van der Waals surface area contributed by atoms with Crippen LogP contribution in [-0.2, 0) is 30.3 Å². The number of nitrogens with zero attached hydrogens (tertiary/aromatic N) is 4. The molecule has 1 aliphatic heterocycles. The number of hydrogen-bond acceptors (Lipinski definition) is 8. The van der Waals surface area contributed by atoms with E-state index in [1.165, 1.54) is 0 Å². The van der Waals surface area contributed by atoms with E-state index < -0.39 is 18.2 Å². The van der Waals surface area contributed by atoms with Crippen LogP contribution in [-0.4, -0.2) is 139 Å². The normalized spacial score (nSPS) is 18.8. The number of nitrogens with one attached hydrogen (secondary N) is 1. The number of likely N-dealkylation sites (tertiary alicyclic amines) is 1. The Kier molecular flexibility index (Phi) is 18.4. The van der Waals surface area contributed by atoms with Gasteiger partial charge in [0.1, 0.15) is 11.8 Å². The Hall–Kier alpha value is -2.83. The number of carbonyl (C=O) groups is 4. The summed E-state index contributed by atoms with van der Waals surface area (Å²) in [6.45, 7) is 15.1. The van der Waals surface area contributed by atoms with Gasteiger partial charge in [0.05, 0.1) is 24.6 Å². The second kappa shape index (κ2) is 21.2. The maximum atomic E-state index is 14.2. The highest BCUT2D eigenvalue weighted by atomic mass is 32.2. The highest BCUT2D eigenvalue weighted by Gasteiger charge is 2.43. The van der Waals surface area contributed by atoms with Crippen molar-refractivity contribution >= 4 is 35.4 Å². The van der Waals surface area contributed by atoms with Crippen molar-refractivity contribution < 1.29 is 29.0 Å². The fourth-order valence-corrected chi connectivity index (χ4v) is 8.99. The molecule has 4 amide bonds. The number of benzene rings is 1. The van der Waals surface area contributed by atoms with Gasteiger partial charge in [-0.3, -0.25) is 24.1 Å². The first-order valence-corrected chi connectivity index (χ1v) is 20.3. The van der Waals surface area contributed by atoms with Gasteiger partial charge in [-0.1, -0.05) is 67.0 Å². The lowest BCUT2D eigenvalue weighted by Crippen LogP contribution is -2.59. The lowest BCUT2D eigenvalue weighted by Gasteiger charge is -2.41. The maximum Gasteiger partial charge on any atom is 0.245 e. The summed E-state index contributed by atoms with van der Waals surface area (Å²) in [5, 5.41) is 12.8. The predicted octanol–water partition coefficient (Wildman–Crippen LogP) is 4.76. The Morgan fingerprint density at radius 1 is 1.02 bits per heavy atom. The highest BCUT2D eigenvalue weighted by molar-refractivity contribution is 7.99. The van der Waals surface area contributed by atoms with Crippen molar-refractivity contribution in [2.75, 3.05) is 54.6 Å². The molecule has 1 aromatic rings. The zero-order chi connectivity index (χ0) is 39.4. The molecule has 2 N–H and O–H groups in total. The topological polar surface area (TPSA) is 123 Å². The fraction of sp³-hybridized carbons (Fsp3) is 0.750. The number of methoxy groups -OCH3 is 1. The standard InChI is InChI=1S/C40H69N5O6S/c1-14-27(6)36(44(11)40(50)34(25(2)3)41-38(48)35(26(4)5)42(8)9)32(51-12)24-33(47)45-21-16-19-31(45)37(52-13)28(7)39(49)43(10)22-20-29-17-15-18-30(46)23-29/h15,17-18,23,25-28,31-32,34-37,46H,14,16,19-22,24H2,1-13H3,(H,41,48)/t27-,28-,31?,32?,34+,35+,36-,37-/m1/s1. The molecule has 0 bridgehead atoms. The number of carbonyl (C=O) groups excluding carboxylic acids is 4. The first-order valence-electron chi connectivity index (χ1n) is 19.0. The van der Waals surface area contributed by atoms with E-state index in [-0.39, 0.29) is 76.8 Å². The van der Waals surface area contributed by atoms with Crippen molar-refractivity contribution in [2.45, 2.75) is 116 Å². The third-order valence-corrected chi connectivity index (χ3v) is 12.2. The van der Waals surface area contributed by atoms with Crippen LogP contribution < -0.4 is 5.32 Å². The zero-order valence-electron chi connectivity index (χ0n) is 34.2. The molecule has 0 saturated carbocycles. The van der Waals surface area contributed by atoms with Gasteiger partial charge in [-0.05, 0) is 75.1 Å². The maximum absolute atomic E-state index is 14.2. The van der Waals surface area contributed by atoms with Gasteiger partial charge < -0.3 is 29.9 Å². The third kappa shape index (κ3) is 11.8. The number of phenols is 1. The monoisotopic (exact) mass is 747 g/mol. The van der Waals surface area contributed by atoms with Gasteiger partial charge in [0.2, 0.25) is 23.6 Å². The molecule has 12 heteroatoms. The molecule has 2 unspecified atom stereocenters. The number of aromatic hydroxyl groups is 1. The van der Waals surface area contributed by atoms with Gasteiger partial charge in [0, 0.05) is 51.5 Å². The van der Waals surface area contributed by atoms with Crippen molar-refractivity contribution in [2.24, 2.45) is 23.7 Å². The van der Waals surface area contributed by atoms with Crippen LogP contribution in [0.1, 0.15) is 79.7 Å². The summed E-state index contributed by atoms with van der Waals surface area (Å²) in [5.41, 5.74) is 0.964. The molecular weight excluding hydrogens is 679 g/mol. The van der Waals surface area contributed by atoms with Crippen LogP contribution in [0.3, 0.4) is 0 Å². The molecule has 1 heterocycles. The summed E-state index contributed by atoms with van der Waals surface area (Å²) in [6, 6.07) is 5.47. The van der Waals surface area contributed by atoms with Crippen LogP contribution in [0.5, 0.6) is 5.75 Å². The number of amides is 4. The minimum atomic E-state index is -0.735. The summed E-state index contributed by atoms with van der Waals surface area (Å²) in [4.78, 5) is 62.8. The Labute approximate surface area is 318 Å². The summed E-state index contributed by atoms with van der Waals surface area (Å²) >= 11 is 1.63. The Morgan fingerprint density at radius 2 is 1.67 bits per heavy atom. The number of ether oxygens (including phenoxy) is 1. The van der Waals surface area contributed by atoms with Crippen LogP contribution >= 0.6 is 11.8 Å². The first kappa shape index (κ1) is 45.3. The van der Waals surface area contributed by atoms with Crippen LogP contribution in [0.2, 0.25) is 0 Å². The van der Waals surface area contributed by atoms with Crippen molar-refractivity contribution in [3.05, 3.63) is 29.8 Å². The van der Waals surface area contributed by atoms with Gasteiger partial charge in [-0.25, -0.2) is 0 Å². The van der Waals surface area contributed by atoms with E-state index in [0.717, 1.165) is 24.8 Å². The molecule has 2 rings (SSSR count). The van der Waals surface area contributed by atoms with E-state index in [9.17, 15) is 24.3 Å². The molecule has 1 saturated heterocycles. The molecule has 1 fully saturated rings. The fourth-order valence-electron chi connectivity index (χ4n) is 7.87. The van der Waals surface area contributed by atoms with Gasteiger partial charge in [-0.2, -0.15) is 11.8 Å². The average Bonchev–Trinajstić information content (AvgIpc) is 3.57. The largest absolute Gasteiger partial charge is 0.508 e. The van der Waals surface area contributed by atoms with E-state index in [1.807, 2.05) is 77.9 Å². The second-order valence-corrected chi connectivity index (χ2v) is 16.7. The predicted molar refractivity (Wildman–Crippen MR) is 211 cm³/mol. The Bertz CT molecular complexity index is 1300. The quantitative estimate of drug-likeness (QED) is 0.196. The Morgan fingerprint density at radius 3 is 2.19 bits per heavy atom. The number of rotatable bonds is 20. The van der Waals surface area contributed by atoms with Crippen molar-refractivity contribution in [1.29, 1.82) is 0 Å². The summed E-state index contributed by atoms with van der Waals surface area (Å²) in [7, 11) is 8.90. The smallest absolute Gasteiger partial charge is 0.245 e. The lowest BCUT2D eigenvalue weighted by molar-refractivity contribution is -0.146. The van der Waals surface area contributed by atoms with Gasteiger partial charge in [0.15, 0.2) is 0 Å². The Balaban J connectivity index is 2.24. The van der Waals surface area contributed by atoms with Crippen LogP contribution in [0.15, 0.2) is 24.3 Å². The highest BCUT2D eigenvalue weighted by Crippen LogP contribution is 2.34. The molecule has 0 radical (unpaired) electrons. The van der Waals surface area contributed by atoms with E-state index >= 15 is 0 Å². The summed E-state index contributed by atoms with van der Waals surface area (Å²) < 4.78 is 6.05. The van der Waals surface area contributed by atoms with Crippen LogP contribution in [0, 0.1) is 23.7 Å². The minimum absolute atomic E-state index is 0.0155. The zero-order valence-corrected chi connectivity index (χ0v) is 35.0. The molecule has 8 atom stereocenters.